The van der Waals surface area contributed by atoms with E-state index in [2.05, 4.69) is 0 Å². The van der Waals surface area contributed by atoms with Crippen LogP contribution in [0.25, 0.3) is 0 Å². The van der Waals surface area contributed by atoms with Gasteiger partial charge in [-0.25, -0.2) is 0 Å². The number of aliphatic carboxylic acids is 2. The van der Waals surface area contributed by atoms with Gasteiger partial charge in [-0.3, -0.25) is 0 Å². The number of hydrogen-bond acceptors (Lipinski definition) is 6. The van der Waals surface area contributed by atoms with Crippen LogP contribution in [0.2, 0.25) is 0 Å². The van der Waals surface area contributed by atoms with Crippen molar-refractivity contribution in [2.75, 3.05) is 13.1 Å². The molecule has 0 aliphatic heterocycles. The summed E-state index contributed by atoms with van der Waals surface area (Å²) in [6.07, 6.45) is -0.940. The Morgan fingerprint density at radius 3 is 1.07 bits per heavy atom. The first kappa shape index (κ1) is 30.2. The largest absolute Gasteiger partial charge is 1.00 e. The Balaban J connectivity index is -0.0000000424. The Labute approximate surface area is 155 Å². The van der Waals surface area contributed by atoms with Crippen molar-refractivity contribution in [1.82, 2.24) is 0 Å². The molecule has 0 radical (unpaired) electrons. The van der Waals surface area contributed by atoms with E-state index in [0.717, 1.165) is 0 Å². The minimum atomic E-state index is -1.37. The van der Waals surface area contributed by atoms with E-state index in [0.29, 0.717) is 13.1 Å². The molecular weight excluding hydrogens is 233 g/mol. The summed E-state index contributed by atoms with van der Waals surface area (Å²) in [6.45, 7) is 1.19. The van der Waals surface area contributed by atoms with Crippen molar-refractivity contribution in [2.45, 2.75) is 12.8 Å². The first-order valence-electron chi connectivity index (χ1n) is 3.34. The van der Waals surface area contributed by atoms with E-state index in [1.54, 1.807) is 0 Å². The van der Waals surface area contributed by atoms with Gasteiger partial charge >= 0.3 is 88.7 Å². The molecule has 0 spiro atoms. The Hall–Kier alpha value is 1.86. The molecule has 0 aliphatic rings. The van der Waals surface area contributed by atoms with Crippen LogP contribution in [0, 0.1) is 0 Å². The van der Waals surface area contributed by atoms with Crippen LogP contribution in [0.4, 0.5) is 0 Å². The zero-order valence-electron chi connectivity index (χ0n) is 9.62. The fourth-order valence-corrected chi connectivity index (χ4v) is 0.204. The molecule has 0 saturated carbocycles. The number of hydrogen-bond donors (Lipinski definition) is 2. The number of carbonyl (C=O) groups excluding carboxylic acids is 2. The molecule has 0 saturated heterocycles. The van der Waals surface area contributed by atoms with E-state index in [-0.39, 0.29) is 88.7 Å². The van der Waals surface area contributed by atoms with Gasteiger partial charge in [0.25, 0.3) is 0 Å². The predicted octanol–water partition coefficient (Wildman–Crippen LogP) is -12.8. The normalized spacial score (nSPS) is 6.53. The van der Waals surface area contributed by atoms with Crippen LogP contribution in [-0.2, 0) is 9.59 Å². The quantitative estimate of drug-likeness (QED) is 0.472. The smallest absolute Gasteiger partial charge is 0.550 e. The summed E-state index contributed by atoms with van der Waals surface area (Å²) in [6, 6.07) is 0. The minimum Gasteiger partial charge on any atom is -0.550 e. The molecule has 0 unspecified atom stereocenters. The van der Waals surface area contributed by atoms with Crippen LogP contribution in [0.3, 0.4) is 0 Å². The first-order chi connectivity index (χ1) is 5.54. The van der Waals surface area contributed by atoms with Gasteiger partial charge in [0.2, 0.25) is 0 Å². The summed E-state index contributed by atoms with van der Waals surface area (Å²) in [4.78, 5) is 19.0. The molecule has 0 heterocycles. The maximum atomic E-state index is 9.50. The maximum Gasteiger partial charge on any atom is 1.00 e. The molecule has 72 valence electrons. The zero-order chi connectivity index (χ0) is 9.98. The summed E-state index contributed by atoms with van der Waals surface area (Å²) in [5.41, 5.74) is 9.81. The Morgan fingerprint density at radius 2 is 1.00 bits per heavy atom. The van der Waals surface area contributed by atoms with E-state index in [9.17, 15) is 19.8 Å². The van der Waals surface area contributed by atoms with E-state index >= 15 is 0 Å². The van der Waals surface area contributed by atoms with Gasteiger partial charge in [-0.05, 0) is 12.8 Å². The van der Waals surface area contributed by atoms with Gasteiger partial charge in [-0.15, -0.1) is 0 Å². The monoisotopic (exact) mass is 245 g/mol. The molecule has 0 bridgehead atoms. The Kier molecular flexibility index (Phi) is 50.0. The third-order valence-corrected chi connectivity index (χ3v) is 0.700. The van der Waals surface area contributed by atoms with Crippen molar-refractivity contribution < 1.29 is 108 Å². The van der Waals surface area contributed by atoms with Crippen molar-refractivity contribution in [3.63, 3.8) is 0 Å². The molecule has 9 heteroatoms. The molecule has 0 aromatic heterocycles. The summed E-state index contributed by atoms with van der Waals surface area (Å²) >= 11 is 0. The standard InChI is InChI=1S/C4H6O4.C2H8N2.3Na/c5-3(6)1-2-4(7)8;3-1-2-4;;;/h1-2H2,(H,5,6)(H,7,8);1-4H2;;;/q;;3*+1/p-2. The van der Waals surface area contributed by atoms with Gasteiger partial charge in [0.15, 0.2) is 0 Å². The van der Waals surface area contributed by atoms with Gasteiger partial charge in [-0.1, -0.05) is 0 Å². The van der Waals surface area contributed by atoms with Crippen molar-refractivity contribution in [3.05, 3.63) is 0 Å². The van der Waals surface area contributed by atoms with Crippen LogP contribution in [0.15, 0.2) is 0 Å². The molecule has 0 rings (SSSR count). The SMILES string of the molecule is NCCN.O=C([O-])CCC(=O)[O-].[Na+].[Na+].[Na+]. The number of rotatable bonds is 4. The minimum absolute atomic E-state index is 0. The molecule has 0 aromatic carbocycles. The second kappa shape index (κ2) is 24.9. The van der Waals surface area contributed by atoms with Gasteiger partial charge < -0.3 is 31.3 Å². The van der Waals surface area contributed by atoms with Crippen LogP contribution >= 0.6 is 0 Å². The third kappa shape index (κ3) is 49.3. The fraction of sp³-hybridized carbons (Fsp3) is 0.667. The first-order valence-corrected chi connectivity index (χ1v) is 3.34. The van der Waals surface area contributed by atoms with Crippen LogP contribution in [-0.4, -0.2) is 25.0 Å². The number of carbonyl (C=O) groups is 2. The van der Waals surface area contributed by atoms with Gasteiger partial charge in [-0.2, -0.15) is 0 Å². The molecule has 6 nitrogen and oxygen atoms in total. The molecule has 0 aliphatic carbocycles. The Bertz CT molecular complexity index is 132. The summed E-state index contributed by atoms with van der Waals surface area (Å²) in [5.74, 6) is -2.73. The van der Waals surface area contributed by atoms with Gasteiger partial charge in [0.1, 0.15) is 0 Å². The topological polar surface area (TPSA) is 132 Å². The molecule has 0 amide bonds. The zero-order valence-corrected chi connectivity index (χ0v) is 15.6. The van der Waals surface area contributed by atoms with Gasteiger partial charge in [0, 0.05) is 25.0 Å². The maximum absolute atomic E-state index is 9.50. The van der Waals surface area contributed by atoms with Crippen LogP contribution in [0.1, 0.15) is 12.8 Å². The average Bonchev–Trinajstić information content (AvgIpc) is 2.01. The second-order valence-corrected chi connectivity index (χ2v) is 1.82. The predicted molar refractivity (Wildman–Crippen MR) is 37.4 cm³/mol. The van der Waals surface area contributed by atoms with E-state index < -0.39 is 24.8 Å². The number of carboxylic acid groups (broad SMARTS) is 2. The second-order valence-electron chi connectivity index (χ2n) is 1.82. The Morgan fingerprint density at radius 1 is 0.800 bits per heavy atom. The third-order valence-electron chi connectivity index (χ3n) is 0.700. The van der Waals surface area contributed by atoms with Crippen molar-refractivity contribution in [2.24, 2.45) is 11.5 Å². The van der Waals surface area contributed by atoms with Crippen LogP contribution in [0.5, 0.6) is 0 Å². The average molecular weight is 245 g/mol. The molecule has 0 atom stereocenters. The number of nitrogens with two attached hydrogens (primary N) is 2. The molecule has 0 fully saturated rings. The summed E-state index contributed by atoms with van der Waals surface area (Å²) < 4.78 is 0. The van der Waals surface area contributed by atoms with E-state index in [4.69, 9.17) is 11.5 Å². The molecular formula is C6H12N2Na3O4+. The van der Waals surface area contributed by atoms with Crippen LogP contribution < -0.4 is 110 Å². The van der Waals surface area contributed by atoms with E-state index in [1.807, 2.05) is 0 Å². The van der Waals surface area contributed by atoms with E-state index in [1.165, 1.54) is 0 Å². The van der Waals surface area contributed by atoms with Crippen molar-refractivity contribution in [1.29, 1.82) is 0 Å². The van der Waals surface area contributed by atoms with Crippen molar-refractivity contribution in [3.8, 4) is 0 Å². The fourth-order valence-electron chi connectivity index (χ4n) is 0.204. The van der Waals surface area contributed by atoms with Gasteiger partial charge in [0.05, 0.1) is 0 Å². The van der Waals surface area contributed by atoms with Crippen molar-refractivity contribution >= 4 is 11.9 Å². The molecule has 0 aromatic rings. The number of carboxylic acids is 2. The molecule has 4 N–H and O–H groups in total. The molecule has 15 heavy (non-hydrogen) atoms. The summed E-state index contributed by atoms with van der Waals surface area (Å²) in [5, 5.41) is 19.0. The summed E-state index contributed by atoms with van der Waals surface area (Å²) in [7, 11) is 0.